The number of ether oxygens (including phenoxy) is 1. The van der Waals surface area contributed by atoms with E-state index in [0.717, 1.165) is 35.8 Å². The number of allylic oxidation sites excluding steroid dienone is 1. The normalized spacial score (nSPS) is 16.6. The molecule has 0 bridgehead atoms. The number of amides is 2. The first-order valence-electron chi connectivity index (χ1n) is 9.39. The molecule has 1 aromatic rings. The van der Waals surface area contributed by atoms with Crippen LogP contribution in [0.15, 0.2) is 35.5 Å². The van der Waals surface area contributed by atoms with Crippen LogP contribution in [0.4, 0.5) is 10.5 Å². The van der Waals surface area contributed by atoms with Crippen LogP contribution in [0.25, 0.3) is 0 Å². The van der Waals surface area contributed by atoms with Gasteiger partial charge >= 0.3 is 12.0 Å². The number of carbonyl (C=O) groups excluding carboxylic acids is 2. The van der Waals surface area contributed by atoms with Crippen molar-refractivity contribution in [3.63, 3.8) is 0 Å². The minimum absolute atomic E-state index is 0.316. The number of anilines is 1. The number of hydrogen-bond acceptors (Lipinski definition) is 5. The van der Waals surface area contributed by atoms with Crippen molar-refractivity contribution >= 4 is 29.4 Å². The van der Waals surface area contributed by atoms with Gasteiger partial charge in [-0.1, -0.05) is 19.1 Å². The van der Waals surface area contributed by atoms with Crippen molar-refractivity contribution in [2.24, 2.45) is 0 Å². The van der Waals surface area contributed by atoms with E-state index in [1.54, 1.807) is 18.7 Å². The molecular formula is C20H29N3O3S. The third-order valence-corrected chi connectivity index (χ3v) is 5.37. The third kappa shape index (κ3) is 5.42. The summed E-state index contributed by atoms with van der Waals surface area (Å²) in [6.07, 6.45) is 0. The first-order valence-corrected chi connectivity index (χ1v) is 10.5. The van der Waals surface area contributed by atoms with Gasteiger partial charge in [-0.25, -0.2) is 9.59 Å². The first kappa shape index (κ1) is 21.2. The van der Waals surface area contributed by atoms with E-state index in [4.69, 9.17) is 4.74 Å². The van der Waals surface area contributed by atoms with E-state index in [9.17, 15) is 9.59 Å². The molecule has 0 unspecified atom stereocenters. The lowest BCUT2D eigenvalue weighted by Gasteiger charge is -2.29. The molecule has 148 valence electrons. The van der Waals surface area contributed by atoms with Gasteiger partial charge < -0.3 is 20.3 Å². The predicted molar refractivity (Wildman–Crippen MR) is 111 cm³/mol. The lowest BCUT2D eigenvalue weighted by Crippen LogP contribution is -2.45. The molecule has 1 aliphatic heterocycles. The summed E-state index contributed by atoms with van der Waals surface area (Å²) in [7, 11) is 0. The zero-order valence-electron chi connectivity index (χ0n) is 16.5. The highest BCUT2D eigenvalue weighted by Crippen LogP contribution is 2.29. The molecule has 0 aromatic heterocycles. The Morgan fingerprint density at radius 3 is 2.44 bits per heavy atom. The summed E-state index contributed by atoms with van der Waals surface area (Å²) in [6.45, 7) is 10.2. The Morgan fingerprint density at radius 2 is 1.85 bits per heavy atom. The average Bonchev–Trinajstić information content (AvgIpc) is 2.66. The van der Waals surface area contributed by atoms with Crippen molar-refractivity contribution in [2.75, 3.05) is 36.1 Å². The maximum atomic E-state index is 12.6. The SMILES string of the molecule is CCSCCOC(=O)C1=C(C)NC(=O)N[C@H]1c1ccc(N(CC)CC)cc1. The monoisotopic (exact) mass is 391 g/mol. The second-order valence-corrected chi connectivity index (χ2v) is 7.56. The van der Waals surface area contributed by atoms with E-state index < -0.39 is 12.0 Å². The number of benzene rings is 1. The number of thioether (sulfide) groups is 1. The summed E-state index contributed by atoms with van der Waals surface area (Å²) in [6, 6.07) is 7.12. The Labute approximate surface area is 165 Å². The summed E-state index contributed by atoms with van der Waals surface area (Å²) in [5, 5.41) is 5.52. The predicted octanol–water partition coefficient (Wildman–Crippen LogP) is 3.46. The lowest BCUT2D eigenvalue weighted by atomic mass is 9.95. The fourth-order valence-corrected chi connectivity index (χ4v) is 3.59. The van der Waals surface area contributed by atoms with E-state index >= 15 is 0 Å². The van der Waals surface area contributed by atoms with Gasteiger partial charge in [0, 0.05) is 30.2 Å². The molecule has 2 amide bonds. The molecular weight excluding hydrogens is 362 g/mol. The average molecular weight is 392 g/mol. The fraction of sp³-hybridized carbons (Fsp3) is 0.500. The molecule has 2 rings (SSSR count). The van der Waals surface area contributed by atoms with Crippen molar-refractivity contribution in [1.29, 1.82) is 0 Å². The molecule has 0 saturated carbocycles. The summed E-state index contributed by atoms with van der Waals surface area (Å²) in [5.74, 6) is 1.35. The summed E-state index contributed by atoms with van der Waals surface area (Å²) in [4.78, 5) is 26.9. The van der Waals surface area contributed by atoms with Gasteiger partial charge in [0.05, 0.1) is 11.6 Å². The number of rotatable bonds is 9. The molecule has 1 aliphatic rings. The molecule has 1 heterocycles. The first-order chi connectivity index (χ1) is 13.0. The summed E-state index contributed by atoms with van der Waals surface area (Å²) < 4.78 is 5.42. The van der Waals surface area contributed by atoms with Crippen LogP contribution in [-0.2, 0) is 9.53 Å². The quantitative estimate of drug-likeness (QED) is 0.498. The van der Waals surface area contributed by atoms with E-state index in [2.05, 4.69) is 36.3 Å². The van der Waals surface area contributed by atoms with Gasteiger partial charge in [-0.3, -0.25) is 0 Å². The Hall–Kier alpha value is -2.15. The lowest BCUT2D eigenvalue weighted by molar-refractivity contribution is -0.138. The fourth-order valence-electron chi connectivity index (χ4n) is 3.10. The Kier molecular flexibility index (Phi) is 8.03. The zero-order valence-corrected chi connectivity index (χ0v) is 17.3. The number of urea groups is 1. The maximum Gasteiger partial charge on any atom is 0.338 e. The molecule has 0 saturated heterocycles. The van der Waals surface area contributed by atoms with Crippen LogP contribution in [-0.4, -0.2) is 43.2 Å². The van der Waals surface area contributed by atoms with E-state index in [1.807, 2.05) is 24.3 Å². The molecule has 1 atom stereocenters. The number of esters is 1. The van der Waals surface area contributed by atoms with Gasteiger partial charge in [0.25, 0.3) is 0 Å². The highest BCUT2D eigenvalue weighted by Gasteiger charge is 2.32. The highest BCUT2D eigenvalue weighted by molar-refractivity contribution is 7.99. The van der Waals surface area contributed by atoms with Crippen molar-refractivity contribution in [2.45, 2.75) is 33.7 Å². The number of carbonyl (C=O) groups is 2. The Morgan fingerprint density at radius 1 is 1.19 bits per heavy atom. The molecule has 7 heteroatoms. The number of hydrogen-bond donors (Lipinski definition) is 2. The highest BCUT2D eigenvalue weighted by atomic mass is 32.2. The molecule has 2 N–H and O–H groups in total. The summed E-state index contributed by atoms with van der Waals surface area (Å²) >= 11 is 1.72. The van der Waals surface area contributed by atoms with Crippen LogP contribution in [0.2, 0.25) is 0 Å². The summed E-state index contributed by atoms with van der Waals surface area (Å²) in [5.41, 5.74) is 2.96. The topological polar surface area (TPSA) is 70.7 Å². The Balaban J connectivity index is 2.22. The van der Waals surface area contributed by atoms with Gasteiger partial charge in [-0.05, 0) is 44.2 Å². The largest absolute Gasteiger partial charge is 0.461 e. The standard InChI is InChI=1S/C20H29N3O3S/c1-5-23(6-2)16-10-8-15(9-11-16)18-17(14(4)21-20(25)22-18)19(24)26-12-13-27-7-3/h8-11,18H,5-7,12-13H2,1-4H3,(H2,21,22,25)/t18-/m0/s1. The van der Waals surface area contributed by atoms with Gasteiger partial charge in [-0.15, -0.1) is 0 Å². The molecule has 0 fully saturated rings. The van der Waals surface area contributed by atoms with Crippen molar-refractivity contribution < 1.29 is 14.3 Å². The maximum absolute atomic E-state index is 12.6. The van der Waals surface area contributed by atoms with Gasteiger partial charge in [0.2, 0.25) is 0 Å². The second kappa shape index (κ2) is 10.3. The molecule has 1 aromatic carbocycles. The van der Waals surface area contributed by atoms with Crippen molar-refractivity contribution in [1.82, 2.24) is 10.6 Å². The van der Waals surface area contributed by atoms with Crippen molar-refractivity contribution in [3.8, 4) is 0 Å². The third-order valence-electron chi connectivity index (χ3n) is 4.51. The van der Waals surface area contributed by atoms with E-state index in [0.29, 0.717) is 17.9 Å². The van der Waals surface area contributed by atoms with Crippen LogP contribution in [0.3, 0.4) is 0 Å². The molecule has 0 aliphatic carbocycles. The zero-order chi connectivity index (χ0) is 19.8. The Bertz CT molecular complexity index is 684. The van der Waals surface area contributed by atoms with Crippen molar-refractivity contribution in [3.05, 3.63) is 41.1 Å². The molecule has 27 heavy (non-hydrogen) atoms. The molecule has 6 nitrogen and oxygen atoms in total. The van der Waals surface area contributed by atoms with Crippen LogP contribution in [0.5, 0.6) is 0 Å². The van der Waals surface area contributed by atoms with Gasteiger partial charge in [0.1, 0.15) is 6.61 Å². The van der Waals surface area contributed by atoms with Gasteiger partial charge in [-0.2, -0.15) is 11.8 Å². The smallest absolute Gasteiger partial charge is 0.338 e. The molecule has 0 radical (unpaired) electrons. The van der Waals surface area contributed by atoms with Gasteiger partial charge in [0.15, 0.2) is 0 Å². The van der Waals surface area contributed by atoms with E-state index in [1.165, 1.54) is 0 Å². The minimum Gasteiger partial charge on any atom is -0.461 e. The minimum atomic E-state index is -0.518. The van der Waals surface area contributed by atoms with Crippen LogP contribution in [0, 0.1) is 0 Å². The number of nitrogens with zero attached hydrogens (tertiary/aromatic N) is 1. The van der Waals surface area contributed by atoms with Crippen LogP contribution >= 0.6 is 11.8 Å². The van der Waals surface area contributed by atoms with Crippen LogP contribution < -0.4 is 15.5 Å². The second-order valence-electron chi connectivity index (χ2n) is 6.17. The van der Waals surface area contributed by atoms with E-state index in [-0.39, 0.29) is 6.03 Å². The number of nitrogens with one attached hydrogen (secondary N) is 2. The van der Waals surface area contributed by atoms with Crippen LogP contribution in [0.1, 0.15) is 39.3 Å². The molecule has 0 spiro atoms.